The molecule has 1 unspecified atom stereocenters. The molecule has 1 aromatic heterocycles. The van der Waals surface area contributed by atoms with Crippen molar-refractivity contribution in [3.05, 3.63) is 30.5 Å². The molecule has 2 aromatic rings. The van der Waals surface area contributed by atoms with Crippen molar-refractivity contribution in [2.75, 3.05) is 11.9 Å². The third kappa shape index (κ3) is 4.51. The molecule has 2 amide bonds. The Hall–Kier alpha value is -3.01. The third-order valence-corrected chi connectivity index (χ3v) is 3.25. The number of carboxylic acids is 1. The summed E-state index contributed by atoms with van der Waals surface area (Å²) in [6.07, 6.45) is 1.41. The number of fused-ring (bicyclic) bond motifs is 1. The zero-order valence-electron chi connectivity index (χ0n) is 13.0. The topological polar surface area (TPSA) is 121 Å². The summed E-state index contributed by atoms with van der Waals surface area (Å²) in [5.74, 6) is -1.59. The molecule has 0 aliphatic heterocycles. The third-order valence-electron chi connectivity index (χ3n) is 3.25. The summed E-state index contributed by atoms with van der Waals surface area (Å²) in [6, 6.07) is 4.80. The molecule has 134 valence electrons. The number of nitrogens with zero attached hydrogens (tertiary/aromatic N) is 1. The lowest BCUT2D eigenvalue weighted by Gasteiger charge is -2.18. The number of rotatable bonds is 6. The number of amides is 2. The number of hydrogen-bond donors (Lipinski definition) is 4. The van der Waals surface area contributed by atoms with E-state index >= 15 is 0 Å². The maximum Gasteiger partial charge on any atom is 0.387 e. The predicted octanol–water partition coefficient (Wildman–Crippen LogP) is 1.79. The molecule has 0 saturated carbocycles. The maximum absolute atomic E-state index is 12.4. The Morgan fingerprint density at radius 3 is 2.72 bits per heavy atom. The number of nitrogens with one attached hydrogen (secondary N) is 2. The zero-order valence-corrected chi connectivity index (χ0v) is 13.0. The van der Waals surface area contributed by atoms with Gasteiger partial charge in [-0.25, -0.2) is 9.59 Å². The Labute approximate surface area is 140 Å². The fourth-order valence-electron chi connectivity index (χ4n) is 1.94. The standard InChI is InChI=1S/C15H15F2N3O5/c1-15(24,12(21)22)7-19-14(23)20-9-4-5-10(25-13(16)17)8-3-2-6-18-11(8)9/h2-6,13,24H,7H2,1H3,(H,21,22)(H2,19,20,23). The Morgan fingerprint density at radius 2 is 2.08 bits per heavy atom. The predicted molar refractivity (Wildman–Crippen MR) is 83.7 cm³/mol. The molecule has 0 saturated heterocycles. The summed E-state index contributed by atoms with van der Waals surface area (Å²) in [7, 11) is 0. The van der Waals surface area contributed by atoms with E-state index in [1.807, 2.05) is 0 Å². The number of ether oxygens (including phenoxy) is 1. The lowest BCUT2D eigenvalue weighted by atomic mass is 10.1. The number of carboxylic acid groups (broad SMARTS) is 1. The summed E-state index contributed by atoms with van der Waals surface area (Å²) in [5, 5.41) is 23.2. The first-order chi connectivity index (χ1) is 11.7. The number of benzene rings is 1. The van der Waals surface area contributed by atoms with Crippen LogP contribution in [0.25, 0.3) is 10.9 Å². The van der Waals surface area contributed by atoms with E-state index in [2.05, 4.69) is 20.4 Å². The number of urea groups is 1. The second-order valence-electron chi connectivity index (χ2n) is 5.28. The Bertz CT molecular complexity index is 798. The van der Waals surface area contributed by atoms with Gasteiger partial charge in [0.15, 0.2) is 5.60 Å². The summed E-state index contributed by atoms with van der Waals surface area (Å²) >= 11 is 0. The molecular formula is C15H15F2N3O5. The first-order valence-corrected chi connectivity index (χ1v) is 7.04. The highest BCUT2D eigenvalue weighted by Crippen LogP contribution is 2.31. The minimum atomic E-state index is -3.01. The summed E-state index contributed by atoms with van der Waals surface area (Å²) in [4.78, 5) is 26.7. The van der Waals surface area contributed by atoms with Gasteiger partial charge >= 0.3 is 18.6 Å². The number of alkyl halides is 2. The first kappa shape index (κ1) is 18.3. The number of pyridine rings is 1. The summed E-state index contributed by atoms with van der Waals surface area (Å²) < 4.78 is 29.3. The van der Waals surface area contributed by atoms with Crippen molar-refractivity contribution in [2.24, 2.45) is 0 Å². The largest absolute Gasteiger partial charge is 0.479 e. The Balaban J connectivity index is 2.19. The second kappa shape index (κ2) is 7.26. The van der Waals surface area contributed by atoms with E-state index < -0.39 is 30.8 Å². The average Bonchev–Trinajstić information content (AvgIpc) is 2.55. The zero-order chi connectivity index (χ0) is 18.6. The highest BCUT2D eigenvalue weighted by atomic mass is 19.3. The van der Waals surface area contributed by atoms with Gasteiger partial charge in [0, 0.05) is 11.6 Å². The first-order valence-electron chi connectivity index (χ1n) is 7.04. The van der Waals surface area contributed by atoms with Gasteiger partial charge in [-0.2, -0.15) is 8.78 Å². The number of carbonyl (C=O) groups is 2. The highest BCUT2D eigenvalue weighted by molar-refractivity contribution is 6.01. The van der Waals surface area contributed by atoms with Crippen molar-refractivity contribution in [1.82, 2.24) is 10.3 Å². The van der Waals surface area contributed by atoms with Gasteiger partial charge in [0.05, 0.1) is 17.7 Å². The van der Waals surface area contributed by atoms with Crippen molar-refractivity contribution in [2.45, 2.75) is 19.1 Å². The van der Waals surface area contributed by atoms with Crippen molar-refractivity contribution in [1.29, 1.82) is 0 Å². The van der Waals surface area contributed by atoms with Crippen LogP contribution in [0.15, 0.2) is 30.5 Å². The molecule has 0 spiro atoms. The Kier molecular flexibility index (Phi) is 5.32. The summed E-state index contributed by atoms with van der Waals surface area (Å²) in [5.41, 5.74) is -1.72. The molecule has 25 heavy (non-hydrogen) atoms. The van der Waals surface area contributed by atoms with Crippen LogP contribution in [0.4, 0.5) is 19.3 Å². The van der Waals surface area contributed by atoms with E-state index in [1.54, 1.807) is 0 Å². The molecule has 0 aliphatic rings. The van der Waals surface area contributed by atoms with Crippen molar-refractivity contribution < 1.29 is 33.3 Å². The van der Waals surface area contributed by atoms with Crippen LogP contribution < -0.4 is 15.4 Å². The van der Waals surface area contributed by atoms with E-state index in [-0.39, 0.29) is 22.3 Å². The monoisotopic (exact) mass is 355 g/mol. The van der Waals surface area contributed by atoms with Crippen molar-refractivity contribution in [3.8, 4) is 5.75 Å². The molecule has 8 nitrogen and oxygen atoms in total. The fourth-order valence-corrected chi connectivity index (χ4v) is 1.94. The maximum atomic E-state index is 12.4. The SMILES string of the molecule is CC(O)(CNC(=O)Nc1ccc(OC(F)F)c2cccnc12)C(=O)O. The molecule has 0 aliphatic carbocycles. The van der Waals surface area contributed by atoms with Crippen molar-refractivity contribution in [3.63, 3.8) is 0 Å². The number of anilines is 1. The molecule has 0 fully saturated rings. The molecule has 2 rings (SSSR count). The lowest BCUT2D eigenvalue weighted by Crippen LogP contribution is -2.47. The van der Waals surface area contributed by atoms with E-state index in [4.69, 9.17) is 5.11 Å². The van der Waals surface area contributed by atoms with Crippen LogP contribution in [0.3, 0.4) is 0 Å². The molecule has 1 aromatic carbocycles. The Morgan fingerprint density at radius 1 is 1.36 bits per heavy atom. The van der Waals surface area contributed by atoms with Gasteiger partial charge in [0.1, 0.15) is 5.75 Å². The van der Waals surface area contributed by atoms with Gasteiger partial charge in [-0.3, -0.25) is 4.98 Å². The van der Waals surface area contributed by atoms with Crippen LogP contribution in [-0.2, 0) is 4.79 Å². The molecular weight excluding hydrogens is 340 g/mol. The molecule has 0 bridgehead atoms. The van der Waals surface area contributed by atoms with Crippen LogP contribution in [0.2, 0.25) is 0 Å². The van der Waals surface area contributed by atoms with E-state index in [0.717, 1.165) is 6.92 Å². The minimum absolute atomic E-state index is 0.0992. The average molecular weight is 355 g/mol. The molecule has 0 radical (unpaired) electrons. The van der Waals surface area contributed by atoms with Crippen molar-refractivity contribution >= 4 is 28.6 Å². The number of aliphatic carboxylic acids is 1. The minimum Gasteiger partial charge on any atom is -0.479 e. The van der Waals surface area contributed by atoms with Crippen LogP contribution >= 0.6 is 0 Å². The van der Waals surface area contributed by atoms with E-state index in [1.165, 1.54) is 30.5 Å². The highest BCUT2D eigenvalue weighted by Gasteiger charge is 2.30. The van der Waals surface area contributed by atoms with Gasteiger partial charge < -0.3 is 25.6 Å². The van der Waals surface area contributed by atoms with Gasteiger partial charge in [-0.1, -0.05) is 0 Å². The quantitative estimate of drug-likeness (QED) is 0.627. The van der Waals surface area contributed by atoms with E-state index in [0.29, 0.717) is 0 Å². The van der Waals surface area contributed by atoms with E-state index in [9.17, 15) is 23.5 Å². The fraction of sp³-hybridized carbons (Fsp3) is 0.267. The molecule has 10 heteroatoms. The van der Waals surface area contributed by atoms with Crippen LogP contribution in [0.5, 0.6) is 5.75 Å². The molecule has 4 N–H and O–H groups in total. The smallest absolute Gasteiger partial charge is 0.387 e. The number of hydrogen-bond acceptors (Lipinski definition) is 5. The van der Waals surface area contributed by atoms with Crippen LogP contribution in [-0.4, -0.2) is 46.0 Å². The van der Waals surface area contributed by atoms with Gasteiger partial charge in [-0.05, 0) is 31.2 Å². The summed E-state index contributed by atoms with van der Waals surface area (Å²) in [6.45, 7) is -2.52. The number of halogens is 2. The van der Waals surface area contributed by atoms with Gasteiger partial charge in [-0.15, -0.1) is 0 Å². The van der Waals surface area contributed by atoms with Gasteiger partial charge in [0.2, 0.25) is 0 Å². The van der Waals surface area contributed by atoms with Crippen LogP contribution in [0, 0.1) is 0 Å². The lowest BCUT2D eigenvalue weighted by molar-refractivity contribution is -0.155. The second-order valence-corrected chi connectivity index (χ2v) is 5.28. The number of aliphatic hydroxyl groups is 1. The number of carbonyl (C=O) groups excluding carboxylic acids is 1. The van der Waals surface area contributed by atoms with Crippen LogP contribution in [0.1, 0.15) is 6.92 Å². The molecule has 1 heterocycles. The van der Waals surface area contributed by atoms with Gasteiger partial charge in [0.25, 0.3) is 0 Å². The normalized spacial score (nSPS) is 13.3. The molecule has 1 atom stereocenters. The number of aromatic nitrogens is 1.